The maximum Gasteiger partial charge on any atom is 0.266 e. The maximum atomic E-state index is 12.5. The number of sulfonamides is 1. The van der Waals surface area contributed by atoms with E-state index in [0.717, 1.165) is 11.4 Å². The Morgan fingerprint density at radius 1 is 1.00 bits per heavy atom. The standard InChI is InChI=1S/C16H18N6O3S/c1-10-16(11(2)19-18-10)26(23,24)22-15-9-8-14(20-21-15)17-12-4-6-13(25-3)7-5-12/h4-9H,1-3H3,(H,17,20)(H,18,19)(H,21,22). The van der Waals surface area contributed by atoms with Crippen molar-refractivity contribution in [3.63, 3.8) is 0 Å². The number of nitrogens with one attached hydrogen (secondary N) is 3. The second kappa shape index (κ2) is 7.00. The number of anilines is 3. The van der Waals surface area contributed by atoms with E-state index in [1.165, 1.54) is 6.07 Å². The van der Waals surface area contributed by atoms with Crippen LogP contribution < -0.4 is 14.8 Å². The lowest BCUT2D eigenvalue weighted by molar-refractivity contribution is 0.415. The number of rotatable bonds is 6. The van der Waals surface area contributed by atoms with E-state index in [0.29, 0.717) is 17.2 Å². The van der Waals surface area contributed by atoms with E-state index >= 15 is 0 Å². The fourth-order valence-electron chi connectivity index (χ4n) is 2.40. The third kappa shape index (κ3) is 3.75. The van der Waals surface area contributed by atoms with Crippen LogP contribution >= 0.6 is 0 Å². The molecular weight excluding hydrogens is 356 g/mol. The van der Waals surface area contributed by atoms with E-state index in [4.69, 9.17) is 4.74 Å². The first kappa shape index (κ1) is 17.7. The third-order valence-corrected chi connectivity index (χ3v) is 5.21. The summed E-state index contributed by atoms with van der Waals surface area (Å²) >= 11 is 0. The number of aromatic amines is 1. The van der Waals surface area contributed by atoms with Gasteiger partial charge in [-0.1, -0.05) is 0 Å². The summed E-state index contributed by atoms with van der Waals surface area (Å²) in [5, 5.41) is 17.5. The number of hydrogen-bond donors (Lipinski definition) is 3. The Bertz CT molecular complexity index is 978. The average molecular weight is 374 g/mol. The molecule has 0 unspecified atom stereocenters. The van der Waals surface area contributed by atoms with Crippen LogP contribution in [0.2, 0.25) is 0 Å². The maximum absolute atomic E-state index is 12.5. The van der Waals surface area contributed by atoms with E-state index in [1.807, 2.05) is 24.3 Å². The van der Waals surface area contributed by atoms with Crippen LogP contribution in [0.5, 0.6) is 5.75 Å². The van der Waals surface area contributed by atoms with Gasteiger partial charge in [-0.3, -0.25) is 9.82 Å². The molecule has 0 bridgehead atoms. The zero-order valence-corrected chi connectivity index (χ0v) is 15.3. The van der Waals surface area contributed by atoms with Crippen molar-refractivity contribution in [2.45, 2.75) is 18.7 Å². The topological polar surface area (TPSA) is 122 Å². The highest BCUT2D eigenvalue weighted by Crippen LogP contribution is 2.21. The summed E-state index contributed by atoms with van der Waals surface area (Å²) in [7, 11) is -2.19. The van der Waals surface area contributed by atoms with E-state index in [9.17, 15) is 8.42 Å². The molecule has 0 spiro atoms. The number of hydrogen-bond acceptors (Lipinski definition) is 7. The molecule has 0 saturated carbocycles. The number of methoxy groups -OCH3 is 1. The molecule has 0 radical (unpaired) electrons. The van der Waals surface area contributed by atoms with E-state index < -0.39 is 10.0 Å². The Kier molecular flexibility index (Phi) is 4.76. The van der Waals surface area contributed by atoms with Crippen molar-refractivity contribution >= 4 is 27.3 Å². The van der Waals surface area contributed by atoms with Crippen LogP contribution in [-0.4, -0.2) is 35.9 Å². The highest BCUT2D eigenvalue weighted by atomic mass is 32.2. The first-order valence-electron chi connectivity index (χ1n) is 7.68. The van der Waals surface area contributed by atoms with E-state index in [2.05, 4.69) is 30.4 Å². The van der Waals surface area contributed by atoms with Gasteiger partial charge in [-0.05, 0) is 50.2 Å². The van der Waals surface area contributed by atoms with Gasteiger partial charge in [0.15, 0.2) is 11.6 Å². The van der Waals surface area contributed by atoms with Crippen LogP contribution in [-0.2, 0) is 10.0 Å². The lowest BCUT2D eigenvalue weighted by Gasteiger charge is -2.09. The second-order valence-corrected chi connectivity index (χ2v) is 7.15. The minimum atomic E-state index is -3.79. The largest absolute Gasteiger partial charge is 0.497 e. The van der Waals surface area contributed by atoms with Gasteiger partial charge < -0.3 is 10.1 Å². The molecule has 26 heavy (non-hydrogen) atoms. The summed E-state index contributed by atoms with van der Waals surface area (Å²) in [6.07, 6.45) is 0. The molecule has 2 aromatic heterocycles. The summed E-state index contributed by atoms with van der Waals surface area (Å²) in [5.74, 6) is 1.34. The number of aromatic nitrogens is 4. The minimum Gasteiger partial charge on any atom is -0.497 e. The number of H-pyrrole nitrogens is 1. The Hall–Kier alpha value is -3.14. The molecule has 2 heterocycles. The molecule has 0 saturated heterocycles. The molecule has 0 atom stereocenters. The number of aryl methyl sites for hydroxylation is 2. The van der Waals surface area contributed by atoms with Crippen molar-refractivity contribution in [1.29, 1.82) is 0 Å². The zero-order chi connectivity index (χ0) is 18.7. The van der Waals surface area contributed by atoms with E-state index in [-0.39, 0.29) is 10.7 Å². The molecule has 10 heteroatoms. The zero-order valence-electron chi connectivity index (χ0n) is 14.4. The van der Waals surface area contributed by atoms with Gasteiger partial charge in [0.1, 0.15) is 10.6 Å². The molecule has 3 aromatic rings. The van der Waals surface area contributed by atoms with Crippen molar-refractivity contribution in [2.75, 3.05) is 17.1 Å². The lowest BCUT2D eigenvalue weighted by atomic mass is 10.3. The van der Waals surface area contributed by atoms with E-state index in [1.54, 1.807) is 27.0 Å². The van der Waals surface area contributed by atoms with Crippen LogP contribution in [0.4, 0.5) is 17.3 Å². The summed E-state index contributed by atoms with van der Waals surface area (Å²) in [6.45, 7) is 3.26. The average Bonchev–Trinajstić information content (AvgIpc) is 2.96. The molecule has 1 aromatic carbocycles. The SMILES string of the molecule is COc1ccc(Nc2ccc(NS(=O)(=O)c3c(C)n[nH]c3C)nn2)cc1. The first-order valence-corrected chi connectivity index (χ1v) is 9.16. The Balaban J connectivity index is 1.73. The molecule has 3 N–H and O–H groups in total. The van der Waals surface area contributed by atoms with Crippen LogP contribution in [0.25, 0.3) is 0 Å². The number of ether oxygens (including phenoxy) is 1. The Labute approximate surface area is 150 Å². The number of nitrogens with zero attached hydrogens (tertiary/aromatic N) is 3. The molecule has 0 fully saturated rings. The molecule has 0 aliphatic heterocycles. The lowest BCUT2D eigenvalue weighted by Crippen LogP contribution is -2.16. The quantitative estimate of drug-likeness (QED) is 0.605. The molecule has 136 valence electrons. The van der Waals surface area contributed by atoms with Crippen molar-refractivity contribution < 1.29 is 13.2 Å². The Morgan fingerprint density at radius 2 is 1.65 bits per heavy atom. The van der Waals surface area contributed by atoms with Crippen LogP contribution in [0, 0.1) is 13.8 Å². The van der Waals surface area contributed by atoms with Gasteiger partial charge in [0.25, 0.3) is 10.0 Å². The summed E-state index contributed by atoms with van der Waals surface area (Å²) in [6, 6.07) is 10.5. The molecule has 9 nitrogen and oxygen atoms in total. The molecular formula is C16H18N6O3S. The second-order valence-electron chi connectivity index (χ2n) is 5.53. The predicted molar refractivity (Wildman–Crippen MR) is 97.2 cm³/mol. The molecule has 0 aliphatic carbocycles. The number of benzene rings is 1. The molecule has 3 rings (SSSR count). The summed E-state index contributed by atoms with van der Waals surface area (Å²) < 4.78 is 32.5. The molecule has 0 aliphatic rings. The highest BCUT2D eigenvalue weighted by Gasteiger charge is 2.22. The van der Waals surface area contributed by atoms with Crippen molar-refractivity contribution in [3.05, 3.63) is 47.8 Å². The van der Waals surface area contributed by atoms with Gasteiger partial charge in [0.05, 0.1) is 18.5 Å². The van der Waals surface area contributed by atoms with Crippen LogP contribution in [0.15, 0.2) is 41.3 Å². The summed E-state index contributed by atoms with van der Waals surface area (Å²) in [4.78, 5) is 0.111. The smallest absolute Gasteiger partial charge is 0.266 e. The highest BCUT2D eigenvalue weighted by molar-refractivity contribution is 7.92. The van der Waals surface area contributed by atoms with Crippen molar-refractivity contribution in [2.24, 2.45) is 0 Å². The predicted octanol–water partition coefficient (Wildman–Crippen LogP) is 2.37. The van der Waals surface area contributed by atoms with Gasteiger partial charge >= 0.3 is 0 Å². The van der Waals surface area contributed by atoms with Gasteiger partial charge in [0, 0.05) is 5.69 Å². The minimum absolute atomic E-state index is 0.111. The normalized spacial score (nSPS) is 11.2. The molecule has 0 amide bonds. The fraction of sp³-hybridized carbons (Fsp3) is 0.188. The fourth-order valence-corrected chi connectivity index (χ4v) is 3.77. The van der Waals surface area contributed by atoms with Gasteiger partial charge in [-0.25, -0.2) is 8.42 Å². The van der Waals surface area contributed by atoms with Gasteiger partial charge in [-0.15, -0.1) is 10.2 Å². The summed E-state index contributed by atoms with van der Waals surface area (Å²) in [5.41, 5.74) is 1.65. The van der Waals surface area contributed by atoms with Crippen LogP contribution in [0.1, 0.15) is 11.4 Å². The van der Waals surface area contributed by atoms with Crippen LogP contribution in [0.3, 0.4) is 0 Å². The van der Waals surface area contributed by atoms with Crippen molar-refractivity contribution in [3.8, 4) is 5.75 Å². The van der Waals surface area contributed by atoms with Gasteiger partial charge in [0.2, 0.25) is 0 Å². The van der Waals surface area contributed by atoms with Gasteiger partial charge in [-0.2, -0.15) is 5.10 Å². The third-order valence-electron chi connectivity index (χ3n) is 3.60. The monoisotopic (exact) mass is 374 g/mol. The Morgan fingerprint density at radius 3 is 2.19 bits per heavy atom. The first-order chi connectivity index (χ1) is 12.4. The van der Waals surface area contributed by atoms with Crippen molar-refractivity contribution in [1.82, 2.24) is 20.4 Å².